The fourth-order valence-electron chi connectivity index (χ4n) is 2.92. The lowest BCUT2D eigenvalue weighted by atomic mass is 10.1. The van der Waals surface area contributed by atoms with Gasteiger partial charge in [-0.15, -0.1) is 0 Å². The maximum atomic E-state index is 12.5. The average molecular weight is 378 g/mol. The number of amides is 1. The monoisotopic (exact) mass is 378 g/mol. The normalized spacial score (nSPS) is 17.0. The molecule has 9 heteroatoms. The third kappa shape index (κ3) is 4.83. The molecule has 2 aromatic rings. The van der Waals surface area contributed by atoms with Gasteiger partial charge in [-0.2, -0.15) is 0 Å². The van der Waals surface area contributed by atoms with Gasteiger partial charge in [-0.25, -0.2) is 18.1 Å². The summed E-state index contributed by atoms with van der Waals surface area (Å²) in [4.78, 5) is 18.4. The zero-order valence-electron chi connectivity index (χ0n) is 14.5. The van der Waals surface area contributed by atoms with Crippen LogP contribution in [0.3, 0.4) is 0 Å². The first kappa shape index (κ1) is 18.4. The number of nitrogens with one attached hydrogen (secondary N) is 1. The Hall–Kier alpha value is -2.39. The molecule has 0 aliphatic carbocycles. The van der Waals surface area contributed by atoms with Crippen molar-refractivity contribution >= 4 is 15.9 Å². The highest BCUT2D eigenvalue weighted by Crippen LogP contribution is 2.21. The number of carbonyl (C=O) groups excluding carboxylic acids is 1. The highest BCUT2D eigenvalue weighted by atomic mass is 32.2. The molecule has 2 heterocycles. The molecular formula is C17H22N4O4S. The molecule has 0 fully saturated rings. The van der Waals surface area contributed by atoms with Crippen LogP contribution in [0.5, 0.6) is 5.75 Å². The van der Waals surface area contributed by atoms with Gasteiger partial charge in [0.05, 0.1) is 43.9 Å². The molecule has 0 saturated heterocycles. The molecule has 0 unspecified atom stereocenters. The van der Waals surface area contributed by atoms with E-state index in [1.54, 1.807) is 17.4 Å². The van der Waals surface area contributed by atoms with Crippen molar-refractivity contribution < 1.29 is 17.9 Å². The van der Waals surface area contributed by atoms with Crippen LogP contribution in [0.2, 0.25) is 0 Å². The van der Waals surface area contributed by atoms with Gasteiger partial charge in [-0.05, 0) is 12.1 Å². The van der Waals surface area contributed by atoms with E-state index in [0.29, 0.717) is 19.7 Å². The number of hydrogen-bond acceptors (Lipinski definition) is 5. The van der Waals surface area contributed by atoms with Crippen molar-refractivity contribution in [3.05, 3.63) is 48.5 Å². The van der Waals surface area contributed by atoms with Crippen molar-refractivity contribution in [3.63, 3.8) is 0 Å². The van der Waals surface area contributed by atoms with E-state index >= 15 is 0 Å². The summed E-state index contributed by atoms with van der Waals surface area (Å²) >= 11 is 0. The van der Waals surface area contributed by atoms with Crippen LogP contribution >= 0.6 is 0 Å². The van der Waals surface area contributed by atoms with Crippen LogP contribution in [0, 0.1) is 0 Å². The van der Waals surface area contributed by atoms with E-state index in [1.807, 2.05) is 34.9 Å². The molecule has 1 aliphatic rings. The number of benzene rings is 1. The van der Waals surface area contributed by atoms with E-state index in [1.165, 1.54) is 0 Å². The summed E-state index contributed by atoms with van der Waals surface area (Å²) in [6, 6.07) is 9.16. The summed E-state index contributed by atoms with van der Waals surface area (Å²) in [5.74, 6) is 0.699. The molecular weight excluding hydrogens is 356 g/mol. The fraction of sp³-hybridized carbons (Fsp3) is 0.412. The number of sulfonamides is 1. The predicted molar refractivity (Wildman–Crippen MR) is 96.1 cm³/mol. The lowest BCUT2D eigenvalue weighted by molar-refractivity contribution is -0.133. The van der Waals surface area contributed by atoms with Gasteiger partial charge in [0.2, 0.25) is 15.9 Å². The third-order valence-electron chi connectivity index (χ3n) is 4.19. The minimum absolute atomic E-state index is 0.0299. The molecule has 1 aromatic carbocycles. The first-order chi connectivity index (χ1) is 12.4. The molecule has 1 aromatic heterocycles. The minimum atomic E-state index is -3.30. The summed E-state index contributed by atoms with van der Waals surface area (Å²) in [6.07, 6.45) is 4.75. The molecule has 1 atom stereocenters. The van der Waals surface area contributed by atoms with Gasteiger partial charge < -0.3 is 14.2 Å². The van der Waals surface area contributed by atoms with Crippen molar-refractivity contribution in [1.82, 2.24) is 19.2 Å². The molecule has 0 saturated carbocycles. The zero-order chi connectivity index (χ0) is 18.6. The number of rotatable bonds is 7. The van der Waals surface area contributed by atoms with E-state index in [2.05, 4.69) is 9.71 Å². The molecule has 1 aliphatic heterocycles. The molecule has 0 radical (unpaired) electrons. The molecule has 26 heavy (non-hydrogen) atoms. The molecule has 0 bridgehead atoms. The standard InChI is InChI=1S/C17H22N4O4S/c1-26(23,24)19-10-15-12-20(11-14-9-18-13-21(14)15)17(22)7-8-25-16-5-3-2-4-6-16/h2-6,9,13,15,19H,7-8,10-12H2,1H3/t15-/m0/s1. The van der Waals surface area contributed by atoms with Crippen LogP contribution in [0.25, 0.3) is 0 Å². The van der Waals surface area contributed by atoms with Gasteiger partial charge in [0.15, 0.2) is 0 Å². The van der Waals surface area contributed by atoms with Crippen LogP contribution in [0.4, 0.5) is 0 Å². The second-order valence-corrected chi connectivity index (χ2v) is 8.09. The van der Waals surface area contributed by atoms with Crippen LogP contribution in [-0.2, 0) is 21.4 Å². The maximum Gasteiger partial charge on any atom is 0.226 e. The molecule has 1 N–H and O–H groups in total. The van der Waals surface area contributed by atoms with E-state index in [4.69, 9.17) is 4.74 Å². The molecule has 0 spiro atoms. The fourth-order valence-corrected chi connectivity index (χ4v) is 3.41. The number of ether oxygens (including phenoxy) is 1. The third-order valence-corrected chi connectivity index (χ3v) is 4.88. The van der Waals surface area contributed by atoms with Gasteiger partial charge in [-0.1, -0.05) is 18.2 Å². The Labute approximate surface area is 152 Å². The Kier molecular flexibility index (Phi) is 5.58. The average Bonchev–Trinajstić information content (AvgIpc) is 3.08. The highest BCUT2D eigenvalue weighted by Gasteiger charge is 2.28. The smallest absolute Gasteiger partial charge is 0.226 e. The molecule has 3 rings (SSSR count). The summed E-state index contributed by atoms with van der Waals surface area (Å²) in [6.45, 7) is 1.40. The Morgan fingerprint density at radius 3 is 2.85 bits per heavy atom. The summed E-state index contributed by atoms with van der Waals surface area (Å²) in [5.41, 5.74) is 0.883. The number of aromatic nitrogens is 2. The van der Waals surface area contributed by atoms with Gasteiger partial charge in [0, 0.05) is 19.3 Å². The Morgan fingerprint density at radius 2 is 2.12 bits per heavy atom. The van der Waals surface area contributed by atoms with E-state index in [-0.39, 0.29) is 24.9 Å². The highest BCUT2D eigenvalue weighted by molar-refractivity contribution is 7.88. The van der Waals surface area contributed by atoms with Crippen LogP contribution < -0.4 is 9.46 Å². The Bertz CT molecular complexity index is 851. The van der Waals surface area contributed by atoms with Crippen molar-refractivity contribution in [2.45, 2.75) is 19.0 Å². The van der Waals surface area contributed by atoms with Crippen LogP contribution in [-0.4, -0.2) is 54.7 Å². The quantitative estimate of drug-likeness (QED) is 0.769. The van der Waals surface area contributed by atoms with Gasteiger partial charge in [0.25, 0.3) is 0 Å². The number of fused-ring (bicyclic) bond motifs is 1. The lowest BCUT2D eigenvalue weighted by Gasteiger charge is -2.34. The number of hydrogen-bond donors (Lipinski definition) is 1. The largest absolute Gasteiger partial charge is 0.493 e. The van der Waals surface area contributed by atoms with Gasteiger partial charge >= 0.3 is 0 Å². The molecule has 1 amide bonds. The van der Waals surface area contributed by atoms with Crippen molar-refractivity contribution in [3.8, 4) is 5.75 Å². The number of para-hydroxylation sites is 1. The van der Waals surface area contributed by atoms with Crippen molar-refractivity contribution in [2.24, 2.45) is 0 Å². The first-order valence-corrected chi connectivity index (χ1v) is 10.2. The minimum Gasteiger partial charge on any atom is -0.493 e. The second kappa shape index (κ2) is 7.88. The van der Waals surface area contributed by atoms with E-state index in [0.717, 1.165) is 17.7 Å². The number of imidazole rings is 1. The van der Waals surface area contributed by atoms with Crippen molar-refractivity contribution in [2.75, 3.05) is 26.0 Å². The van der Waals surface area contributed by atoms with E-state index < -0.39 is 10.0 Å². The van der Waals surface area contributed by atoms with Crippen molar-refractivity contribution in [1.29, 1.82) is 0 Å². The SMILES string of the molecule is CS(=O)(=O)NC[C@H]1CN(C(=O)CCOc2ccccc2)Cc2cncn21. The number of carbonyl (C=O) groups is 1. The lowest BCUT2D eigenvalue weighted by Crippen LogP contribution is -2.44. The molecule has 8 nitrogen and oxygen atoms in total. The Balaban J connectivity index is 1.58. The number of nitrogens with zero attached hydrogens (tertiary/aromatic N) is 3. The zero-order valence-corrected chi connectivity index (χ0v) is 15.4. The van der Waals surface area contributed by atoms with E-state index in [9.17, 15) is 13.2 Å². The first-order valence-electron chi connectivity index (χ1n) is 8.33. The van der Waals surface area contributed by atoms with Gasteiger partial charge in [-0.3, -0.25) is 4.79 Å². The van der Waals surface area contributed by atoms with Crippen LogP contribution in [0.15, 0.2) is 42.9 Å². The Morgan fingerprint density at radius 1 is 1.35 bits per heavy atom. The van der Waals surface area contributed by atoms with Gasteiger partial charge in [0.1, 0.15) is 5.75 Å². The maximum absolute atomic E-state index is 12.5. The summed E-state index contributed by atoms with van der Waals surface area (Å²) in [7, 11) is -3.30. The van der Waals surface area contributed by atoms with Crippen LogP contribution in [0.1, 0.15) is 18.2 Å². The summed E-state index contributed by atoms with van der Waals surface area (Å²) < 4.78 is 32.8. The second-order valence-electron chi connectivity index (χ2n) is 6.25. The topological polar surface area (TPSA) is 93.5 Å². The molecule has 140 valence electrons. The predicted octanol–water partition coefficient (Wildman–Crippen LogP) is 0.785. The summed E-state index contributed by atoms with van der Waals surface area (Å²) in [5, 5.41) is 0.